The van der Waals surface area contributed by atoms with Crippen LogP contribution in [-0.2, 0) is 14.8 Å². The van der Waals surface area contributed by atoms with Gasteiger partial charge in [0.1, 0.15) is 5.75 Å². The summed E-state index contributed by atoms with van der Waals surface area (Å²) in [5, 5.41) is 5.57. The molecule has 1 saturated heterocycles. The van der Waals surface area contributed by atoms with Gasteiger partial charge in [0.15, 0.2) is 0 Å². The molecular formula is C24H26N4O5S. The Balaban J connectivity index is 1.60. The van der Waals surface area contributed by atoms with Crippen molar-refractivity contribution in [3.8, 4) is 5.75 Å². The number of hydrogen-bond donors (Lipinski definition) is 3. The van der Waals surface area contributed by atoms with E-state index in [9.17, 15) is 13.2 Å². The van der Waals surface area contributed by atoms with Crippen LogP contribution in [0, 0.1) is 0 Å². The highest BCUT2D eigenvalue weighted by Gasteiger charge is 2.21. The maximum atomic E-state index is 13.1. The fraction of sp³-hybridized carbons (Fsp3) is 0.208. The smallest absolute Gasteiger partial charge is 0.323 e. The van der Waals surface area contributed by atoms with Crippen molar-refractivity contribution in [1.29, 1.82) is 0 Å². The number of urea groups is 1. The molecule has 9 nitrogen and oxygen atoms in total. The number of para-hydroxylation sites is 1. The lowest BCUT2D eigenvalue weighted by atomic mass is 10.2. The van der Waals surface area contributed by atoms with Gasteiger partial charge in [0, 0.05) is 24.5 Å². The normalized spacial score (nSPS) is 13.7. The Morgan fingerprint density at radius 1 is 0.912 bits per heavy atom. The molecule has 0 bridgehead atoms. The van der Waals surface area contributed by atoms with Gasteiger partial charge in [-0.05, 0) is 54.6 Å². The number of morpholine rings is 1. The highest BCUT2D eigenvalue weighted by molar-refractivity contribution is 7.92. The van der Waals surface area contributed by atoms with Gasteiger partial charge in [0.05, 0.1) is 36.6 Å². The van der Waals surface area contributed by atoms with Gasteiger partial charge in [-0.15, -0.1) is 0 Å². The molecule has 2 amide bonds. The molecule has 1 aliphatic heterocycles. The highest BCUT2D eigenvalue weighted by Crippen LogP contribution is 2.31. The molecule has 0 aromatic heterocycles. The fourth-order valence-corrected chi connectivity index (χ4v) is 4.63. The molecule has 3 aromatic rings. The zero-order valence-corrected chi connectivity index (χ0v) is 19.5. The number of rotatable bonds is 7. The molecule has 1 aliphatic rings. The van der Waals surface area contributed by atoms with E-state index in [2.05, 4.69) is 20.3 Å². The first-order chi connectivity index (χ1) is 16.4. The van der Waals surface area contributed by atoms with Crippen molar-refractivity contribution in [3.05, 3.63) is 72.8 Å². The quantitative estimate of drug-likeness (QED) is 0.470. The number of benzene rings is 3. The van der Waals surface area contributed by atoms with Crippen LogP contribution in [0.2, 0.25) is 0 Å². The lowest BCUT2D eigenvalue weighted by Gasteiger charge is -2.30. The number of carbonyl (C=O) groups is 1. The predicted molar refractivity (Wildman–Crippen MR) is 132 cm³/mol. The Labute approximate surface area is 198 Å². The number of sulfonamides is 1. The van der Waals surface area contributed by atoms with Crippen LogP contribution in [0.5, 0.6) is 5.75 Å². The summed E-state index contributed by atoms with van der Waals surface area (Å²) in [5.74, 6) is 0.619. The van der Waals surface area contributed by atoms with E-state index >= 15 is 0 Å². The lowest BCUT2D eigenvalue weighted by Crippen LogP contribution is -2.37. The molecule has 34 heavy (non-hydrogen) atoms. The summed E-state index contributed by atoms with van der Waals surface area (Å²) in [6.07, 6.45) is 0. The van der Waals surface area contributed by atoms with E-state index in [0.717, 1.165) is 5.69 Å². The molecule has 3 N–H and O–H groups in total. The summed E-state index contributed by atoms with van der Waals surface area (Å²) in [7, 11) is -2.36. The van der Waals surface area contributed by atoms with E-state index < -0.39 is 16.1 Å². The van der Waals surface area contributed by atoms with E-state index in [1.165, 1.54) is 19.2 Å². The Morgan fingerprint density at radius 2 is 1.62 bits per heavy atom. The van der Waals surface area contributed by atoms with E-state index in [4.69, 9.17) is 9.47 Å². The number of nitrogens with zero attached hydrogens (tertiary/aromatic N) is 1. The van der Waals surface area contributed by atoms with Crippen LogP contribution in [0.1, 0.15) is 0 Å². The van der Waals surface area contributed by atoms with E-state index in [0.29, 0.717) is 49.1 Å². The van der Waals surface area contributed by atoms with Crippen LogP contribution in [0.25, 0.3) is 0 Å². The molecule has 0 spiro atoms. The largest absolute Gasteiger partial charge is 0.497 e. The Bertz CT molecular complexity index is 1230. The topological polar surface area (TPSA) is 109 Å². The van der Waals surface area contributed by atoms with Gasteiger partial charge in [0.25, 0.3) is 10.0 Å². The van der Waals surface area contributed by atoms with Crippen LogP contribution in [-0.4, -0.2) is 47.9 Å². The number of amides is 2. The van der Waals surface area contributed by atoms with Gasteiger partial charge in [-0.25, -0.2) is 13.2 Å². The van der Waals surface area contributed by atoms with Crippen molar-refractivity contribution in [3.63, 3.8) is 0 Å². The van der Waals surface area contributed by atoms with Crippen molar-refractivity contribution in [2.45, 2.75) is 4.90 Å². The van der Waals surface area contributed by atoms with Crippen LogP contribution in [0.3, 0.4) is 0 Å². The second-order valence-corrected chi connectivity index (χ2v) is 9.24. The first kappa shape index (κ1) is 23.4. The maximum absolute atomic E-state index is 13.1. The highest BCUT2D eigenvalue weighted by atomic mass is 32.2. The number of nitrogens with one attached hydrogen (secondary N) is 3. The van der Waals surface area contributed by atoms with Gasteiger partial charge in [-0.3, -0.25) is 4.72 Å². The van der Waals surface area contributed by atoms with Crippen molar-refractivity contribution in [1.82, 2.24) is 0 Å². The standard InChI is InChI=1S/C24H26N4O5S/c1-32-20-9-7-19(8-10-20)27-34(30,31)21-11-12-23(28-13-15-33-16-14-28)22(17-21)26-24(29)25-18-5-3-2-4-6-18/h2-12,17,27H,13-16H2,1H3,(H2,25,26,29). The average Bonchev–Trinajstić information content (AvgIpc) is 2.85. The van der Waals surface area contributed by atoms with Crippen molar-refractivity contribution in [2.24, 2.45) is 0 Å². The summed E-state index contributed by atoms with van der Waals surface area (Å²) in [6.45, 7) is 2.36. The molecule has 0 aliphatic carbocycles. The monoisotopic (exact) mass is 482 g/mol. The Hall–Kier alpha value is -3.76. The average molecular weight is 483 g/mol. The third-order valence-electron chi connectivity index (χ3n) is 5.25. The molecule has 178 valence electrons. The molecule has 4 rings (SSSR count). The molecule has 0 atom stereocenters. The first-order valence-corrected chi connectivity index (χ1v) is 12.2. The van der Waals surface area contributed by atoms with Crippen LogP contribution >= 0.6 is 0 Å². The molecule has 0 radical (unpaired) electrons. The van der Waals surface area contributed by atoms with Crippen LogP contribution in [0.4, 0.5) is 27.5 Å². The summed E-state index contributed by atoms with van der Waals surface area (Å²) in [5.41, 5.74) is 2.12. The molecule has 3 aromatic carbocycles. The number of hydrogen-bond acceptors (Lipinski definition) is 6. The second-order valence-electron chi connectivity index (χ2n) is 7.56. The van der Waals surface area contributed by atoms with E-state index in [-0.39, 0.29) is 4.90 Å². The van der Waals surface area contributed by atoms with Crippen LogP contribution < -0.4 is 25.0 Å². The molecule has 0 saturated carbocycles. The third kappa shape index (κ3) is 5.77. The summed E-state index contributed by atoms with van der Waals surface area (Å²) in [4.78, 5) is 14.8. The molecule has 10 heteroatoms. The molecule has 0 unspecified atom stereocenters. The minimum atomic E-state index is -3.90. The number of carbonyl (C=O) groups excluding carboxylic acids is 1. The van der Waals surface area contributed by atoms with Gasteiger partial charge >= 0.3 is 6.03 Å². The Morgan fingerprint density at radius 3 is 2.29 bits per heavy atom. The van der Waals surface area contributed by atoms with Crippen molar-refractivity contribution < 1.29 is 22.7 Å². The molecule has 1 fully saturated rings. The SMILES string of the molecule is COc1ccc(NS(=O)(=O)c2ccc(N3CCOCC3)c(NC(=O)Nc3ccccc3)c2)cc1. The maximum Gasteiger partial charge on any atom is 0.323 e. The van der Waals surface area contributed by atoms with Gasteiger partial charge in [-0.1, -0.05) is 18.2 Å². The van der Waals surface area contributed by atoms with Gasteiger partial charge in [-0.2, -0.15) is 0 Å². The molecule has 1 heterocycles. The zero-order valence-electron chi connectivity index (χ0n) is 18.7. The minimum Gasteiger partial charge on any atom is -0.497 e. The number of methoxy groups -OCH3 is 1. The van der Waals surface area contributed by atoms with E-state index in [1.54, 1.807) is 42.5 Å². The second kappa shape index (κ2) is 10.4. The predicted octanol–water partition coefficient (Wildman–Crippen LogP) is 3.98. The summed E-state index contributed by atoms with van der Waals surface area (Å²) in [6, 6.07) is 19.8. The number of ether oxygens (including phenoxy) is 2. The lowest BCUT2D eigenvalue weighted by molar-refractivity contribution is 0.123. The van der Waals surface area contributed by atoms with E-state index in [1.807, 2.05) is 18.2 Å². The molecular weight excluding hydrogens is 456 g/mol. The zero-order chi connectivity index (χ0) is 24.0. The fourth-order valence-electron chi connectivity index (χ4n) is 3.54. The van der Waals surface area contributed by atoms with Crippen LogP contribution in [0.15, 0.2) is 77.7 Å². The summed E-state index contributed by atoms with van der Waals surface area (Å²) >= 11 is 0. The first-order valence-electron chi connectivity index (χ1n) is 10.7. The summed E-state index contributed by atoms with van der Waals surface area (Å²) < 4.78 is 39.2. The van der Waals surface area contributed by atoms with Crippen molar-refractivity contribution in [2.75, 3.05) is 53.7 Å². The van der Waals surface area contributed by atoms with Gasteiger partial charge in [0.2, 0.25) is 0 Å². The Kier molecular flexibility index (Phi) is 7.19. The van der Waals surface area contributed by atoms with Crippen molar-refractivity contribution >= 4 is 38.8 Å². The number of anilines is 4. The minimum absolute atomic E-state index is 0.0235. The third-order valence-corrected chi connectivity index (χ3v) is 6.63. The van der Waals surface area contributed by atoms with Gasteiger partial charge < -0.3 is 25.0 Å².